The van der Waals surface area contributed by atoms with E-state index >= 15 is 0 Å². The van der Waals surface area contributed by atoms with E-state index in [-0.39, 0.29) is 11.6 Å². The van der Waals surface area contributed by atoms with E-state index in [0.29, 0.717) is 5.69 Å². The molecule has 1 heterocycles. The van der Waals surface area contributed by atoms with Crippen molar-refractivity contribution in [2.75, 3.05) is 10.6 Å². The topological polar surface area (TPSA) is 59.0 Å². The Morgan fingerprint density at radius 2 is 2.10 bits per heavy atom. The Bertz CT molecular complexity index is 642. The molecule has 0 aliphatic rings. The van der Waals surface area contributed by atoms with Crippen LogP contribution < -0.4 is 10.6 Å². The molecule has 7 heteroatoms. The van der Waals surface area contributed by atoms with Crippen LogP contribution in [-0.4, -0.2) is 21.7 Å². The number of aromatic nitrogens is 2. The van der Waals surface area contributed by atoms with Gasteiger partial charge in [-0.05, 0) is 26.0 Å². The average molecular weight is 294 g/mol. The Morgan fingerprint density at radius 3 is 2.71 bits per heavy atom. The molecule has 0 unspecified atom stereocenters. The van der Waals surface area contributed by atoms with Gasteiger partial charge in [-0.15, -0.1) is 0 Å². The predicted octanol–water partition coefficient (Wildman–Crippen LogP) is 2.62. The highest BCUT2D eigenvalue weighted by molar-refractivity contribution is 5.96. The molecule has 21 heavy (non-hydrogen) atoms. The SMILES string of the molecule is CCn1cc(N[C@@H](C)C(=O)Nc2ccc(F)c(F)c2)cn1. The average Bonchev–Trinajstić information content (AvgIpc) is 2.90. The molecule has 0 radical (unpaired) electrons. The zero-order valence-corrected chi connectivity index (χ0v) is 11.7. The molecule has 2 N–H and O–H groups in total. The summed E-state index contributed by atoms with van der Waals surface area (Å²) < 4.78 is 27.6. The van der Waals surface area contributed by atoms with Crippen molar-refractivity contribution in [3.8, 4) is 0 Å². The Morgan fingerprint density at radius 1 is 1.33 bits per heavy atom. The molecule has 1 aromatic carbocycles. The van der Waals surface area contributed by atoms with Gasteiger partial charge in [0, 0.05) is 24.5 Å². The fourth-order valence-electron chi connectivity index (χ4n) is 1.75. The Labute approximate surface area is 121 Å². The van der Waals surface area contributed by atoms with Crippen molar-refractivity contribution >= 4 is 17.3 Å². The molecule has 0 saturated carbocycles. The van der Waals surface area contributed by atoms with Crippen LogP contribution >= 0.6 is 0 Å². The van der Waals surface area contributed by atoms with Crippen LogP contribution in [-0.2, 0) is 11.3 Å². The molecule has 0 spiro atoms. The standard InChI is InChI=1S/C14H16F2N4O/c1-3-20-8-11(7-17-20)18-9(2)14(21)19-10-4-5-12(15)13(16)6-10/h4-9,18H,3H2,1-2H3,(H,19,21)/t9-/m0/s1. The van der Waals surface area contributed by atoms with E-state index in [1.165, 1.54) is 6.07 Å². The van der Waals surface area contributed by atoms with Gasteiger partial charge < -0.3 is 10.6 Å². The first-order chi connectivity index (χ1) is 9.99. The van der Waals surface area contributed by atoms with Gasteiger partial charge in [-0.1, -0.05) is 0 Å². The molecule has 0 aliphatic carbocycles. The number of benzene rings is 1. The smallest absolute Gasteiger partial charge is 0.246 e. The highest BCUT2D eigenvalue weighted by atomic mass is 19.2. The van der Waals surface area contributed by atoms with E-state index in [4.69, 9.17) is 0 Å². The molecular weight excluding hydrogens is 278 g/mol. The first-order valence-corrected chi connectivity index (χ1v) is 6.54. The third kappa shape index (κ3) is 3.77. The molecule has 0 fully saturated rings. The van der Waals surface area contributed by atoms with E-state index in [1.54, 1.807) is 24.0 Å². The second-order valence-electron chi connectivity index (χ2n) is 4.57. The first kappa shape index (κ1) is 15.0. The van der Waals surface area contributed by atoms with Crippen LogP contribution in [0.2, 0.25) is 0 Å². The van der Waals surface area contributed by atoms with Crippen LogP contribution in [0.1, 0.15) is 13.8 Å². The minimum absolute atomic E-state index is 0.205. The van der Waals surface area contributed by atoms with Crippen LogP contribution in [0.5, 0.6) is 0 Å². The third-order valence-electron chi connectivity index (χ3n) is 2.92. The maximum Gasteiger partial charge on any atom is 0.246 e. The molecule has 0 aliphatic heterocycles. The predicted molar refractivity (Wildman–Crippen MR) is 76.0 cm³/mol. The summed E-state index contributed by atoms with van der Waals surface area (Å²) in [7, 11) is 0. The number of halogens is 2. The maximum absolute atomic E-state index is 13.1. The Kier molecular flexibility index (Phi) is 4.52. The van der Waals surface area contributed by atoms with Gasteiger partial charge in [0.25, 0.3) is 0 Å². The van der Waals surface area contributed by atoms with Gasteiger partial charge in [0.2, 0.25) is 5.91 Å². The number of aryl methyl sites for hydroxylation is 1. The van der Waals surface area contributed by atoms with Crippen LogP contribution in [0.3, 0.4) is 0 Å². The number of nitrogens with zero attached hydrogens (tertiary/aromatic N) is 2. The zero-order chi connectivity index (χ0) is 15.4. The second-order valence-corrected chi connectivity index (χ2v) is 4.57. The molecule has 5 nitrogen and oxygen atoms in total. The summed E-state index contributed by atoms with van der Waals surface area (Å²) >= 11 is 0. The highest BCUT2D eigenvalue weighted by Gasteiger charge is 2.14. The highest BCUT2D eigenvalue weighted by Crippen LogP contribution is 2.14. The number of hydrogen-bond donors (Lipinski definition) is 2. The van der Waals surface area contributed by atoms with Crippen molar-refractivity contribution in [3.63, 3.8) is 0 Å². The second kappa shape index (κ2) is 6.34. The lowest BCUT2D eigenvalue weighted by Crippen LogP contribution is -2.31. The number of hydrogen-bond acceptors (Lipinski definition) is 3. The molecule has 0 saturated heterocycles. The van der Waals surface area contributed by atoms with Crippen LogP contribution in [0.15, 0.2) is 30.6 Å². The minimum Gasteiger partial charge on any atom is -0.371 e. The van der Waals surface area contributed by atoms with E-state index in [2.05, 4.69) is 15.7 Å². The summed E-state index contributed by atoms with van der Waals surface area (Å²) in [4.78, 5) is 12.0. The van der Waals surface area contributed by atoms with E-state index in [9.17, 15) is 13.6 Å². The van der Waals surface area contributed by atoms with Crippen molar-refractivity contribution in [2.24, 2.45) is 0 Å². The molecule has 2 rings (SSSR count). The monoisotopic (exact) mass is 294 g/mol. The number of amides is 1. The van der Waals surface area contributed by atoms with Crippen molar-refractivity contribution in [2.45, 2.75) is 26.4 Å². The lowest BCUT2D eigenvalue weighted by atomic mass is 10.2. The quantitative estimate of drug-likeness (QED) is 0.891. The first-order valence-electron chi connectivity index (χ1n) is 6.54. The number of carbonyl (C=O) groups is 1. The van der Waals surface area contributed by atoms with Crippen molar-refractivity contribution in [1.29, 1.82) is 0 Å². The Hall–Kier alpha value is -2.44. The summed E-state index contributed by atoms with van der Waals surface area (Å²) in [6.07, 6.45) is 3.40. The normalized spacial score (nSPS) is 12.0. The van der Waals surface area contributed by atoms with Gasteiger partial charge in [-0.25, -0.2) is 8.78 Å². The van der Waals surface area contributed by atoms with Crippen LogP contribution in [0.25, 0.3) is 0 Å². The lowest BCUT2D eigenvalue weighted by Gasteiger charge is -2.14. The minimum atomic E-state index is -1.00. The summed E-state index contributed by atoms with van der Waals surface area (Å²) in [5.41, 5.74) is 0.918. The van der Waals surface area contributed by atoms with Gasteiger partial charge in [-0.2, -0.15) is 5.10 Å². The van der Waals surface area contributed by atoms with Gasteiger partial charge >= 0.3 is 0 Å². The molecule has 1 amide bonds. The summed E-state index contributed by atoms with van der Waals surface area (Å²) in [6, 6.07) is 2.66. The van der Waals surface area contributed by atoms with E-state index < -0.39 is 17.7 Å². The van der Waals surface area contributed by atoms with Gasteiger partial charge in [-0.3, -0.25) is 9.48 Å². The van der Waals surface area contributed by atoms with Crippen LogP contribution in [0, 0.1) is 11.6 Å². The van der Waals surface area contributed by atoms with E-state index in [1.807, 2.05) is 6.92 Å². The van der Waals surface area contributed by atoms with Crippen molar-refractivity contribution < 1.29 is 13.6 Å². The third-order valence-corrected chi connectivity index (χ3v) is 2.92. The molecular formula is C14H16F2N4O. The van der Waals surface area contributed by atoms with Gasteiger partial charge in [0.1, 0.15) is 6.04 Å². The maximum atomic E-state index is 13.1. The molecule has 1 aromatic heterocycles. The fraction of sp³-hybridized carbons (Fsp3) is 0.286. The largest absolute Gasteiger partial charge is 0.371 e. The van der Waals surface area contributed by atoms with Gasteiger partial charge in [0.15, 0.2) is 11.6 Å². The molecule has 112 valence electrons. The summed E-state index contributed by atoms with van der Waals surface area (Å²) in [6.45, 7) is 4.35. The molecule has 1 atom stereocenters. The number of nitrogens with one attached hydrogen (secondary N) is 2. The van der Waals surface area contributed by atoms with E-state index in [0.717, 1.165) is 18.7 Å². The molecule has 2 aromatic rings. The Balaban J connectivity index is 1.97. The zero-order valence-electron chi connectivity index (χ0n) is 11.7. The lowest BCUT2D eigenvalue weighted by molar-refractivity contribution is -0.116. The number of rotatable bonds is 5. The van der Waals surface area contributed by atoms with Crippen LogP contribution in [0.4, 0.5) is 20.2 Å². The fourth-order valence-corrected chi connectivity index (χ4v) is 1.75. The van der Waals surface area contributed by atoms with Crippen molar-refractivity contribution in [1.82, 2.24) is 9.78 Å². The summed E-state index contributed by atoms with van der Waals surface area (Å²) in [5, 5.41) is 9.58. The molecule has 0 bridgehead atoms. The van der Waals surface area contributed by atoms with Crippen molar-refractivity contribution in [3.05, 3.63) is 42.2 Å². The summed E-state index contributed by atoms with van der Waals surface area (Å²) in [5.74, 6) is -2.31. The number of carbonyl (C=O) groups excluding carboxylic acids is 1. The number of anilines is 2. The van der Waals surface area contributed by atoms with Gasteiger partial charge in [0.05, 0.1) is 11.9 Å².